The standard InChI is InChI=1S/C48H74N8O12/c1-10-13-36(59)50-31(18-20-35(49)58)45(64)55-24-28(8)41-40(55)44(63)52-33(22-25(4)5)42(61)51-32-19-21-37(60)56(46(32)65)39(27(7)12-3)47(66)54(9)34(23-29-14-16-30(57)17-15-29)43(62)53-38(26(6)11-2)48(67)68-41/h14-17,25-28,31-34,37-41,57,60H,10-13,18-24H2,1-9H3,(H2,49,58)(H,50,59)(H,51,61)(H,52,63)(H,53,62)/t26-,27-,28-,31+,32+,33-,34-,37+,38-,39-,40-,41-/m0/s1. The minimum atomic E-state index is -1.59. The maximum absolute atomic E-state index is 14.9. The third kappa shape index (κ3) is 13.5. The smallest absolute Gasteiger partial charge is 0.329 e. The highest BCUT2D eigenvalue weighted by molar-refractivity contribution is 5.99. The van der Waals surface area contributed by atoms with Crippen molar-refractivity contribution in [1.29, 1.82) is 0 Å². The normalized spacial score (nSPS) is 27.9. The third-order valence-electron chi connectivity index (χ3n) is 13.5. The van der Waals surface area contributed by atoms with Crippen LogP contribution in [0.5, 0.6) is 5.75 Å². The van der Waals surface area contributed by atoms with E-state index in [0.29, 0.717) is 24.8 Å². The van der Waals surface area contributed by atoms with Gasteiger partial charge >= 0.3 is 5.97 Å². The zero-order valence-corrected chi connectivity index (χ0v) is 41.0. The number of primary amides is 1. The van der Waals surface area contributed by atoms with E-state index in [1.54, 1.807) is 46.8 Å². The largest absolute Gasteiger partial charge is 0.508 e. The Balaban J connectivity index is 1.93. The molecule has 1 aromatic rings. The molecule has 0 radical (unpaired) electrons. The van der Waals surface area contributed by atoms with Gasteiger partial charge in [-0.05, 0) is 67.6 Å². The minimum absolute atomic E-state index is 0.0123. The number of likely N-dealkylation sites (N-methyl/N-ethyl adjacent to an activating group) is 1. The summed E-state index contributed by atoms with van der Waals surface area (Å²) in [5, 5.41) is 32.5. The number of esters is 1. The van der Waals surface area contributed by atoms with Crippen LogP contribution < -0.4 is 27.0 Å². The van der Waals surface area contributed by atoms with Crippen LogP contribution in [0.3, 0.4) is 0 Å². The quantitative estimate of drug-likeness (QED) is 0.121. The summed E-state index contributed by atoms with van der Waals surface area (Å²) in [4.78, 5) is 131. The number of hydrogen-bond donors (Lipinski definition) is 7. The number of likely N-dealkylation sites (tertiary alicyclic amines) is 1. The van der Waals surface area contributed by atoms with E-state index in [4.69, 9.17) is 10.5 Å². The second kappa shape index (κ2) is 24.5. The number of piperidine rings is 1. The van der Waals surface area contributed by atoms with Crippen LogP contribution in [-0.4, -0.2) is 146 Å². The molecule has 3 fully saturated rings. The van der Waals surface area contributed by atoms with Crippen molar-refractivity contribution in [2.24, 2.45) is 29.4 Å². The van der Waals surface area contributed by atoms with Crippen LogP contribution in [0.15, 0.2) is 24.3 Å². The number of aliphatic hydroxyl groups is 1. The summed E-state index contributed by atoms with van der Waals surface area (Å²) < 4.78 is 6.23. The lowest BCUT2D eigenvalue weighted by molar-refractivity contribution is -0.168. The van der Waals surface area contributed by atoms with Crippen molar-refractivity contribution in [2.45, 2.75) is 174 Å². The van der Waals surface area contributed by atoms with Crippen LogP contribution in [0.4, 0.5) is 0 Å². The van der Waals surface area contributed by atoms with Gasteiger partial charge in [-0.1, -0.05) is 80.4 Å². The number of carbonyl (C=O) groups is 9. The Labute approximate surface area is 399 Å². The van der Waals surface area contributed by atoms with Crippen molar-refractivity contribution in [3.05, 3.63) is 29.8 Å². The number of nitrogens with two attached hydrogens (primary N) is 1. The number of nitrogens with zero attached hydrogens (tertiary/aromatic N) is 3. The minimum Gasteiger partial charge on any atom is -0.508 e. The fraction of sp³-hybridized carbons (Fsp3) is 0.688. The van der Waals surface area contributed by atoms with Gasteiger partial charge in [0.1, 0.15) is 60.4 Å². The molecule has 378 valence electrons. The van der Waals surface area contributed by atoms with Gasteiger partial charge in [-0.3, -0.25) is 38.4 Å². The van der Waals surface area contributed by atoms with E-state index in [1.165, 1.54) is 24.1 Å². The van der Waals surface area contributed by atoms with E-state index in [0.717, 1.165) is 9.80 Å². The maximum Gasteiger partial charge on any atom is 0.329 e. The number of rotatable bonds is 15. The van der Waals surface area contributed by atoms with E-state index >= 15 is 0 Å². The van der Waals surface area contributed by atoms with Crippen molar-refractivity contribution in [1.82, 2.24) is 36.0 Å². The van der Waals surface area contributed by atoms with Crippen molar-refractivity contribution < 1.29 is 58.1 Å². The molecule has 1 aromatic carbocycles. The second-order valence-electron chi connectivity index (χ2n) is 19.3. The molecule has 3 heterocycles. The lowest BCUT2D eigenvalue weighted by Crippen LogP contribution is -2.66. The van der Waals surface area contributed by atoms with Crippen molar-refractivity contribution in [3.8, 4) is 5.75 Å². The highest BCUT2D eigenvalue weighted by atomic mass is 16.5. The Morgan fingerprint density at radius 1 is 0.868 bits per heavy atom. The number of phenolic OH excluding ortho intramolecular Hbond substituents is 1. The van der Waals surface area contributed by atoms with E-state index < -0.39 is 126 Å². The van der Waals surface area contributed by atoms with Crippen molar-refractivity contribution in [2.75, 3.05) is 13.6 Å². The second-order valence-corrected chi connectivity index (χ2v) is 19.3. The summed E-state index contributed by atoms with van der Waals surface area (Å²) in [5.74, 6) is -8.90. The van der Waals surface area contributed by atoms with Gasteiger partial charge in [0.15, 0.2) is 0 Å². The highest BCUT2D eigenvalue weighted by Gasteiger charge is 2.52. The fourth-order valence-corrected chi connectivity index (χ4v) is 9.16. The molecule has 20 heteroatoms. The van der Waals surface area contributed by atoms with Gasteiger partial charge in [0.2, 0.25) is 47.3 Å². The van der Waals surface area contributed by atoms with Gasteiger partial charge in [-0.25, -0.2) is 4.79 Å². The number of nitrogens with one attached hydrogen (secondary N) is 4. The molecule has 0 saturated carbocycles. The van der Waals surface area contributed by atoms with Crippen molar-refractivity contribution in [3.63, 3.8) is 0 Å². The van der Waals surface area contributed by atoms with Crippen molar-refractivity contribution >= 4 is 53.2 Å². The highest BCUT2D eigenvalue weighted by Crippen LogP contribution is 2.31. The third-order valence-corrected chi connectivity index (χ3v) is 13.5. The number of fused-ring (bicyclic) bond motifs is 3. The maximum atomic E-state index is 14.9. The van der Waals surface area contributed by atoms with Gasteiger partial charge in [-0.2, -0.15) is 0 Å². The van der Waals surface area contributed by atoms with Crippen LogP contribution in [0, 0.1) is 23.7 Å². The molecule has 0 aromatic heterocycles. The van der Waals surface area contributed by atoms with Gasteiger partial charge in [0.25, 0.3) is 0 Å². The summed E-state index contributed by atoms with van der Waals surface area (Å²) in [5.41, 5.74) is 5.99. The molecule has 68 heavy (non-hydrogen) atoms. The first-order chi connectivity index (χ1) is 32.0. The van der Waals surface area contributed by atoms with E-state index in [2.05, 4.69) is 21.3 Å². The first-order valence-electron chi connectivity index (χ1n) is 24.1. The lowest BCUT2D eigenvalue weighted by atomic mass is 9.91. The summed E-state index contributed by atoms with van der Waals surface area (Å²) in [6, 6.07) is -3.46. The number of ether oxygens (including phenoxy) is 1. The van der Waals surface area contributed by atoms with Crippen LogP contribution in [0.1, 0.15) is 119 Å². The predicted molar refractivity (Wildman–Crippen MR) is 248 cm³/mol. The molecule has 4 rings (SSSR count). The average Bonchev–Trinajstić information content (AvgIpc) is 3.61. The lowest BCUT2D eigenvalue weighted by Gasteiger charge is -2.44. The number of carbonyl (C=O) groups excluding carboxylic acids is 9. The SMILES string of the molecule is CCCC(=O)N[C@H](CCC(N)=O)C(=O)N1C[C@H](C)[C@@H]2OC(=O)[C@H]([C@@H](C)CC)NC(=O)[C@H](Cc3ccc(O)cc3)N(C)C(=O)[C@H]([C@@H](C)CC)N3C(=O)[C@@H](CC[C@H]3O)NC(=O)[C@H](CC(C)C)NC(=O)[C@H]21. The van der Waals surface area contributed by atoms with E-state index in [1.807, 2.05) is 20.8 Å². The number of benzene rings is 1. The Hall–Kier alpha value is -5.79. The zero-order valence-electron chi connectivity index (χ0n) is 41.0. The number of aliphatic hydroxyl groups excluding tert-OH is 1. The van der Waals surface area contributed by atoms with E-state index in [9.17, 15) is 53.4 Å². The molecule has 12 atom stereocenters. The van der Waals surface area contributed by atoms with Crippen LogP contribution >= 0.6 is 0 Å². The Bertz CT molecular complexity index is 2000. The van der Waals surface area contributed by atoms with E-state index in [-0.39, 0.29) is 63.2 Å². The Kier molecular flexibility index (Phi) is 19.7. The summed E-state index contributed by atoms with van der Waals surface area (Å²) in [7, 11) is 1.40. The molecule has 2 bridgehead atoms. The number of amides is 8. The van der Waals surface area contributed by atoms with Crippen LogP contribution in [0.2, 0.25) is 0 Å². The van der Waals surface area contributed by atoms with Gasteiger partial charge < -0.3 is 56.7 Å². The molecule has 8 amide bonds. The predicted octanol–water partition coefficient (Wildman–Crippen LogP) is 0.987. The molecular formula is C48H74N8O12. The van der Waals surface area contributed by atoms with Gasteiger partial charge in [0, 0.05) is 38.8 Å². The summed E-state index contributed by atoms with van der Waals surface area (Å²) in [6.45, 7) is 13.9. The molecule has 20 nitrogen and oxygen atoms in total. The Morgan fingerprint density at radius 3 is 2.10 bits per heavy atom. The first-order valence-corrected chi connectivity index (χ1v) is 24.1. The molecule has 3 aliphatic heterocycles. The first kappa shape index (κ1) is 54.8. The molecular weight excluding hydrogens is 881 g/mol. The van der Waals surface area contributed by atoms with Crippen LogP contribution in [0.25, 0.3) is 0 Å². The summed E-state index contributed by atoms with van der Waals surface area (Å²) in [6.07, 6.45) is -2.15. The molecule has 3 aliphatic rings. The topological polar surface area (TPSA) is 287 Å². The van der Waals surface area contributed by atoms with Gasteiger partial charge in [0.05, 0.1) is 0 Å². The number of hydrogen-bond acceptors (Lipinski definition) is 12. The molecule has 0 aliphatic carbocycles. The zero-order chi connectivity index (χ0) is 50.7. The summed E-state index contributed by atoms with van der Waals surface area (Å²) >= 11 is 0. The Morgan fingerprint density at radius 2 is 1.51 bits per heavy atom. The fourth-order valence-electron chi connectivity index (χ4n) is 9.16. The number of aromatic hydroxyl groups is 1. The van der Waals surface area contributed by atoms with Gasteiger partial charge in [-0.15, -0.1) is 0 Å². The average molecular weight is 955 g/mol. The molecule has 3 saturated heterocycles. The monoisotopic (exact) mass is 955 g/mol. The van der Waals surface area contributed by atoms with Crippen LogP contribution in [-0.2, 0) is 54.3 Å². The molecule has 8 N–H and O–H groups in total. The molecule has 0 unspecified atom stereocenters. The number of phenols is 1. The molecule has 0 spiro atoms.